The number of furan rings is 1. The quantitative estimate of drug-likeness (QED) is 0.824. The molecule has 0 spiro atoms. The van der Waals surface area contributed by atoms with Crippen LogP contribution in [0.1, 0.15) is 32.2 Å². The summed E-state index contributed by atoms with van der Waals surface area (Å²) in [5.74, 6) is -0.206. The fourth-order valence-corrected chi connectivity index (χ4v) is 2.33. The highest BCUT2D eigenvalue weighted by Crippen LogP contribution is 2.19. The van der Waals surface area contributed by atoms with Crippen molar-refractivity contribution in [3.63, 3.8) is 0 Å². The molecule has 8 nitrogen and oxygen atoms in total. The summed E-state index contributed by atoms with van der Waals surface area (Å²) in [4.78, 5) is 37.1. The first-order valence-corrected chi connectivity index (χ1v) is 7.74. The molecule has 0 aliphatic carbocycles. The molecule has 0 aliphatic heterocycles. The van der Waals surface area contributed by atoms with Crippen molar-refractivity contribution in [2.45, 2.75) is 13.5 Å². The summed E-state index contributed by atoms with van der Waals surface area (Å²) in [6, 6.07) is 7.61. The van der Waals surface area contributed by atoms with Gasteiger partial charge in [0, 0.05) is 7.05 Å². The van der Waals surface area contributed by atoms with E-state index in [-0.39, 0.29) is 12.1 Å². The van der Waals surface area contributed by atoms with E-state index in [1.165, 1.54) is 25.2 Å². The molecule has 0 bridgehead atoms. The van der Waals surface area contributed by atoms with Gasteiger partial charge in [0.15, 0.2) is 0 Å². The monoisotopic (exact) mass is 360 g/mol. The average Bonchev–Trinajstić information content (AvgIpc) is 3.00. The Kier molecular flexibility index (Phi) is 6.00. The van der Waals surface area contributed by atoms with Crippen molar-refractivity contribution in [1.29, 1.82) is 0 Å². The number of nitrogens with one attached hydrogen (secondary N) is 1. The first-order chi connectivity index (χ1) is 12.4. The van der Waals surface area contributed by atoms with Crippen LogP contribution in [0.3, 0.4) is 0 Å². The van der Waals surface area contributed by atoms with E-state index in [4.69, 9.17) is 9.15 Å². The summed E-state index contributed by atoms with van der Waals surface area (Å²) < 4.78 is 14.9. The minimum atomic E-state index is -0.548. The Balaban J connectivity index is 2.09. The van der Waals surface area contributed by atoms with Crippen LogP contribution in [0.5, 0.6) is 0 Å². The lowest BCUT2D eigenvalue weighted by molar-refractivity contribution is 0.0591. The van der Waals surface area contributed by atoms with E-state index in [1.54, 1.807) is 38.2 Å². The second-order valence-electron chi connectivity index (χ2n) is 5.50. The van der Waals surface area contributed by atoms with Gasteiger partial charge in [-0.25, -0.2) is 14.4 Å². The van der Waals surface area contributed by atoms with Gasteiger partial charge in [-0.1, -0.05) is 12.1 Å². The highest BCUT2D eigenvalue weighted by atomic mass is 16.5. The topological polar surface area (TPSA) is 98.1 Å². The largest absolute Gasteiger partial charge is 0.465 e. The number of amides is 2. The third kappa shape index (κ3) is 4.21. The molecule has 138 valence electrons. The Morgan fingerprint density at radius 2 is 1.69 bits per heavy atom. The van der Waals surface area contributed by atoms with Gasteiger partial charge >= 0.3 is 18.0 Å². The molecule has 0 unspecified atom stereocenters. The van der Waals surface area contributed by atoms with Crippen LogP contribution in [0.25, 0.3) is 0 Å². The highest BCUT2D eigenvalue weighted by Gasteiger charge is 2.19. The highest BCUT2D eigenvalue weighted by molar-refractivity contribution is 6.00. The lowest BCUT2D eigenvalue weighted by Crippen LogP contribution is -2.31. The molecule has 2 amide bonds. The number of anilines is 1. The van der Waals surface area contributed by atoms with E-state index < -0.39 is 18.0 Å². The number of esters is 2. The zero-order valence-electron chi connectivity index (χ0n) is 15.0. The lowest BCUT2D eigenvalue weighted by Gasteiger charge is -2.17. The second-order valence-corrected chi connectivity index (χ2v) is 5.50. The smallest absolute Gasteiger partial charge is 0.341 e. The predicted octanol–water partition coefficient (Wildman–Crippen LogP) is 2.83. The van der Waals surface area contributed by atoms with Gasteiger partial charge in [0.1, 0.15) is 17.1 Å². The average molecular weight is 360 g/mol. The van der Waals surface area contributed by atoms with Gasteiger partial charge in [0.2, 0.25) is 0 Å². The number of nitrogens with zero attached hydrogens (tertiary/aromatic N) is 1. The van der Waals surface area contributed by atoms with Crippen molar-refractivity contribution in [1.82, 2.24) is 4.90 Å². The van der Waals surface area contributed by atoms with Crippen molar-refractivity contribution in [3.05, 3.63) is 53.0 Å². The van der Waals surface area contributed by atoms with Gasteiger partial charge < -0.3 is 24.1 Å². The number of urea groups is 1. The summed E-state index contributed by atoms with van der Waals surface area (Å²) in [6.45, 7) is 1.77. The maximum absolute atomic E-state index is 12.4. The molecule has 0 radical (unpaired) electrons. The Morgan fingerprint density at radius 3 is 2.35 bits per heavy atom. The summed E-state index contributed by atoms with van der Waals surface area (Å²) in [7, 11) is 4.11. The molecule has 1 N–H and O–H groups in total. The van der Waals surface area contributed by atoms with Gasteiger partial charge in [-0.3, -0.25) is 0 Å². The molecule has 0 fully saturated rings. The predicted molar refractivity (Wildman–Crippen MR) is 93.1 cm³/mol. The number of rotatable bonds is 5. The molecule has 1 aromatic carbocycles. The molecule has 2 rings (SSSR count). The molecule has 8 heteroatoms. The summed E-state index contributed by atoms with van der Waals surface area (Å²) in [6.07, 6.45) is 0. The van der Waals surface area contributed by atoms with Crippen molar-refractivity contribution in [2.24, 2.45) is 0 Å². The molecule has 0 saturated heterocycles. The fourth-order valence-electron chi connectivity index (χ4n) is 2.33. The number of ether oxygens (including phenoxy) is 2. The SMILES string of the molecule is COC(=O)c1ccccc1NC(=O)N(C)Cc1cc(C(=O)OC)c(C)o1. The maximum atomic E-state index is 12.4. The van der Waals surface area contributed by atoms with Crippen LogP contribution in [-0.4, -0.2) is 44.1 Å². The molecule has 2 aromatic rings. The van der Waals surface area contributed by atoms with Gasteiger partial charge in [-0.2, -0.15) is 0 Å². The van der Waals surface area contributed by atoms with Gasteiger partial charge in [0.05, 0.1) is 32.0 Å². The minimum absolute atomic E-state index is 0.129. The third-order valence-electron chi connectivity index (χ3n) is 3.69. The van der Waals surface area contributed by atoms with E-state index in [9.17, 15) is 14.4 Å². The van der Waals surface area contributed by atoms with Crippen LogP contribution in [0.4, 0.5) is 10.5 Å². The molecule has 0 saturated carbocycles. The number of carbonyl (C=O) groups excluding carboxylic acids is 3. The molecule has 1 heterocycles. The standard InChI is InChI=1S/C18H20N2O6/c1-11-14(17(22)25-4)9-12(26-11)10-20(2)18(23)19-15-8-6-5-7-13(15)16(21)24-3/h5-9H,10H2,1-4H3,(H,19,23). The molecular formula is C18H20N2O6. The van der Waals surface area contributed by atoms with Gasteiger partial charge in [-0.15, -0.1) is 0 Å². The van der Waals surface area contributed by atoms with Crippen molar-refractivity contribution in [3.8, 4) is 0 Å². The number of aryl methyl sites for hydroxylation is 1. The summed E-state index contributed by atoms with van der Waals surface area (Å²) in [5.41, 5.74) is 0.896. The zero-order valence-corrected chi connectivity index (χ0v) is 15.0. The Bertz CT molecular complexity index is 827. The Morgan fingerprint density at radius 1 is 1.08 bits per heavy atom. The Hall–Kier alpha value is -3.29. The van der Waals surface area contributed by atoms with Crippen LogP contribution < -0.4 is 5.32 Å². The number of benzene rings is 1. The second kappa shape index (κ2) is 8.19. The first-order valence-electron chi connectivity index (χ1n) is 7.74. The van der Waals surface area contributed by atoms with E-state index in [2.05, 4.69) is 10.1 Å². The third-order valence-corrected chi connectivity index (χ3v) is 3.69. The molecular weight excluding hydrogens is 340 g/mol. The zero-order chi connectivity index (χ0) is 19.3. The molecule has 0 atom stereocenters. The lowest BCUT2D eigenvalue weighted by atomic mass is 10.2. The Labute approximate surface area is 150 Å². The summed E-state index contributed by atoms with van der Waals surface area (Å²) >= 11 is 0. The van der Waals surface area contributed by atoms with Crippen molar-refractivity contribution < 1.29 is 28.3 Å². The van der Waals surface area contributed by atoms with Gasteiger partial charge in [0.25, 0.3) is 0 Å². The normalized spacial score (nSPS) is 10.2. The first kappa shape index (κ1) is 19.0. The van der Waals surface area contributed by atoms with Crippen LogP contribution in [0, 0.1) is 6.92 Å². The number of carbonyl (C=O) groups is 3. The molecule has 26 heavy (non-hydrogen) atoms. The number of hydrogen-bond acceptors (Lipinski definition) is 6. The van der Waals surface area contributed by atoms with Crippen LogP contribution in [-0.2, 0) is 16.0 Å². The molecule has 0 aliphatic rings. The fraction of sp³-hybridized carbons (Fsp3) is 0.278. The minimum Gasteiger partial charge on any atom is -0.465 e. The number of hydrogen-bond donors (Lipinski definition) is 1. The van der Waals surface area contributed by atoms with E-state index >= 15 is 0 Å². The number of para-hydroxylation sites is 1. The van der Waals surface area contributed by atoms with E-state index in [0.717, 1.165) is 0 Å². The van der Waals surface area contributed by atoms with E-state index in [1.807, 2.05) is 0 Å². The molecule has 1 aromatic heterocycles. The van der Waals surface area contributed by atoms with Crippen LogP contribution >= 0.6 is 0 Å². The van der Waals surface area contributed by atoms with Crippen LogP contribution in [0.2, 0.25) is 0 Å². The van der Waals surface area contributed by atoms with Gasteiger partial charge in [-0.05, 0) is 25.1 Å². The summed E-state index contributed by atoms with van der Waals surface area (Å²) in [5, 5.41) is 2.65. The van der Waals surface area contributed by atoms with Crippen LogP contribution in [0.15, 0.2) is 34.7 Å². The van der Waals surface area contributed by atoms with Crippen molar-refractivity contribution >= 4 is 23.7 Å². The van der Waals surface area contributed by atoms with E-state index in [0.29, 0.717) is 22.8 Å². The maximum Gasteiger partial charge on any atom is 0.341 e. The number of methoxy groups -OCH3 is 2. The van der Waals surface area contributed by atoms with Crippen molar-refractivity contribution in [2.75, 3.05) is 26.6 Å².